The first-order valence-electron chi connectivity index (χ1n) is 5.58. The predicted octanol–water partition coefficient (Wildman–Crippen LogP) is 4.81. The summed E-state index contributed by atoms with van der Waals surface area (Å²) < 4.78 is 10.5. The van der Waals surface area contributed by atoms with Gasteiger partial charge in [-0.15, -0.1) is 0 Å². The van der Waals surface area contributed by atoms with Crippen LogP contribution in [0.25, 0.3) is 22.2 Å². The zero-order valence-electron chi connectivity index (χ0n) is 9.98. The highest BCUT2D eigenvalue weighted by Crippen LogP contribution is 2.34. The molecule has 3 rings (SSSR count). The van der Waals surface area contributed by atoms with E-state index in [2.05, 4.69) is 5.16 Å². The molecule has 0 aliphatic rings. The third kappa shape index (κ3) is 2.15. The van der Waals surface area contributed by atoms with E-state index >= 15 is 0 Å². The molecule has 5 heteroatoms. The molecular formula is C14H9Cl2NO2. The Morgan fingerprint density at radius 2 is 1.95 bits per heavy atom. The Hall–Kier alpha value is -1.71. The maximum Gasteiger partial charge on any atom is 0.174 e. The molecule has 0 atom stereocenters. The highest BCUT2D eigenvalue weighted by molar-refractivity contribution is 6.32. The van der Waals surface area contributed by atoms with Crippen molar-refractivity contribution in [3.8, 4) is 17.1 Å². The summed E-state index contributed by atoms with van der Waals surface area (Å²) in [5, 5.41) is 6.01. The number of hydrogen-bond acceptors (Lipinski definition) is 3. The van der Waals surface area contributed by atoms with Crippen molar-refractivity contribution in [1.29, 1.82) is 0 Å². The van der Waals surface area contributed by atoms with E-state index < -0.39 is 0 Å². The van der Waals surface area contributed by atoms with Gasteiger partial charge in [-0.1, -0.05) is 28.4 Å². The van der Waals surface area contributed by atoms with Crippen molar-refractivity contribution >= 4 is 34.1 Å². The lowest BCUT2D eigenvalue weighted by atomic mass is 10.1. The van der Waals surface area contributed by atoms with Crippen molar-refractivity contribution in [3.05, 3.63) is 46.4 Å². The summed E-state index contributed by atoms with van der Waals surface area (Å²) in [6.45, 7) is 0. The Labute approximate surface area is 119 Å². The van der Waals surface area contributed by atoms with Gasteiger partial charge >= 0.3 is 0 Å². The smallest absolute Gasteiger partial charge is 0.174 e. The molecule has 0 bridgehead atoms. The molecule has 0 spiro atoms. The number of rotatable bonds is 2. The standard InChI is InChI=1S/C14H9Cl2NO2/c1-18-13-5-2-8(6-11(13)16)14-10-7-9(15)3-4-12(10)17-19-14/h2-7H,1H3. The van der Waals surface area contributed by atoms with Crippen LogP contribution < -0.4 is 4.74 Å². The number of hydrogen-bond donors (Lipinski definition) is 0. The Morgan fingerprint density at radius 3 is 2.68 bits per heavy atom. The summed E-state index contributed by atoms with van der Waals surface area (Å²) in [6, 6.07) is 10.8. The Morgan fingerprint density at radius 1 is 1.11 bits per heavy atom. The monoisotopic (exact) mass is 293 g/mol. The normalized spacial score (nSPS) is 10.9. The van der Waals surface area contributed by atoms with E-state index in [1.54, 1.807) is 25.3 Å². The molecule has 0 N–H and O–H groups in total. The molecule has 0 unspecified atom stereocenters. The first-order valence-corrected chi connectivity index (χ1v) is 6.33. The second-order valence-electron chi connectivity index (χ2n) is 4.02. The van der Waals surface area contributed by atoms with Gasteiger partial charge in [0.1, 0.15) is 11.3 Å². The number of fused-ring (bicyclic) bond motifs is 1. The fraction of sp³-hybridized carbons (Fsp3) is 0.0714. The molecule has 96 valence electrons. The number of nitrogens with zero attached hydrogens (tertiary/aromatic N) is 1. The third-order valence-corrected chi connectivity index (χ3v) is 3.38. The SMILES string of the molecule is COc1ccc(-c2onc3ccc(Cl)cc23)cc1Cl. The molecule has 0 radical (unpaired) electrons. The van der Waals surface area contributed by atoms with Crippen LogP contribution in [0, 0.1) is 0 Å². The van der Waals surface area contributed by atoms with Gasteiger partial charge in [0.05, 0.1) is 17.5 Å². The number of benzene rings is 2. The molecule has 0 saturated carbocycles. The van der Waals surface area contributed by atoms with Crippen LogP contribution in [0.15, 0.2) is 40.9 Å². The van der Waals surface area contributed by atoms with E-state index in [9.17, 15) is 0 Å². The molecular weight excluding hydrogens is 285 g/mol. The summed E-state index contributed by atoms with van der Waals surface area (Å²) in [5.74, 6) is 1.26. The van der Waals surface area contributed by atoms with Crippen molar-refractivity contribution in [3.63, 3.8) is 0 Å². The summed E-state index contributed by atoms with van der Waals surface area (Å²) in [7, 11) is 1.57. The summed E-state index contributed by atoms with van der Waals surface area (Å²) in [4.78, 5) is 0. The van der Waals surface area contributed by atoms with Crippen molar-refractivity contribution < 1.29 is 9.26 Å². The molecule has 19 heavy (non-hydrogen) atoms. The van der Waals surface area contributed by atoms with Gasteiger partial charge in [0.15, 0.2) is 5.76 Å². The van der Waals surface area contributed by atoms with E-state index in [0.29, 0.717) is 21.6 Å². The maximum atomic E-state index is 6.12. The van der Waals surface area contributed by atoms with E-state index in [4.69, 9.17) is 32.5 Å². The Bertz CT molecular complexity index is 752. The van der Waals surface area contributed by atoms with Crippen LogP contribution in [0.1, 0.15) is 0 Å². The highest BCUT2D eigenvalue weighted by Gasteiger charge is 2.12. The minimum atomic E-state index is 0.520. The van der Waals surface area contributed by atoms with Crippen LogP contribution in [0.5, 0.6) is 5.75 Å². The van der Waals surface area contributed by atoms with E-state index in [0.717, 1.165) is 16.5 Å². The number of methoxy groups -OCH3 is 1. The third-order valence-electron chi connectivity index (χ3n) is 2.85. The highest BCUT2D eigenvalue weighted by atomic mass is 35.5. The second-order valence-corrected chi connectivity index (χ2v) is 4.87. The fourth-order valence-electron chi connectivity index (χ4n) is 1.93. The van der Waals surface area contributed by atoms with Gasteiger partial charge in [0.2, 0.25) is 0 Å². The summed E-state index contributed by atoms with van der Waals surface area (Å²) in [5.41, 5.74) is 1.59. The van der Waals surface area contributed by atoms with Gasteiger partial charge < -0.3 is 9.26 Å². The molecule has 2 aromatic carbocycles. The van der Waals surface area contributed by atoms with Crippen molar-refractivity contribution in [2.45, 2.75) is 0 Å². The topological polar surface area (TPSA) is 35.3 Å². The van der Waals surface area contributed by atoms with Crippen LogP contribution in [-0.4, -0.2) is 12.3 Å². The molecule has 0 aliphatic carbocycles. The lowest BCUT2D eigenvalue weighted by Crippen LogP contribution is -1.84. The van der Waals surface area contributed by atoms with E-state index in [-0.39, 0.29) is 0 Å². The Balaban J connectivity index is 2.18. The fourth-order valence-corrected chi connectivity index (χ4v) is 2.36. The lowest BCUT2D eigenvalue weighted by Gasteiger charge is -2.04. The van der Waals surface area contributed by atoms with Gasteiger partial charge in [-0.25, -0.2) is 0 Å². The van der Waals surface area contributed by atoms with Crippen LogP contribution in [0.2, 0.25) is 10.0 Å². The molecule has 3 aromatic rings. The lowest BCUT2D eigenvalue weighted by molar-refractivity contribution is 0.415. The quantitative estimate of drug-likeness (QED) is 0.680. The molecule has 0 amide bonds. The first-order chi connectivity index (χ1) is 9.19. The van der Waals surface area contributed by atoms with Gasteiger partial charge in [0, 0.05) is 10.6 Å². The molecule has 0 fully saturated rings. The zero-order valence-corrected chi connectivity index (χ0v) is 11.5. The summed E-state index contributed by atoms with van der Waals surface area (Å²) >= 11 is 12.1. The zero-order chi connectivity index (χ0) is 13.4. The van der Waals surface area contributed by atoms with Crippen LogP contribution in [0.4, 0.5) is 0 Å². The van der Waals surface area contributed by atoms with E-state index in [1.807, 2.05) is 18.2 Å². The number of ether oxygens (including phenoxy) is 1. The van der Waals surface area contributed by atoms with Crippen LogP contribution in [-0.2, 0) is 0 Å². The van der Waals surface area contributed by atoms with E-state index in [1.165, 1.54) is 0 Å². The van der Waals surface area contributed by atoms with Crippen molar-refractivity contribution in [1.82, 2.24) is 5.16 Å². The van der Waals surface area contributed by atoms with Gasteiger partial charge in [-0.05, 0) is 36.4 Å². The number of aromatic nitrogens is 1. The van der Waals surface area contributed by atoms with Crippen molar-refractivity contribution in [2.75, 3.05) is 7.11 Å². The van der Waals surface area contributed by atoms with Crippen LogP contribution in [0.3, 0.4) is 0 Å². The predicted molar refractivity (Wildman–Crippen MR) is 76.0 cm³/mol. The minimum absolute atomic E-state index is 0.520. The maximum absolute atomic E-state index is 6.12. The minimum Gasteiger partial charge on any atom is -0.495 e. The second kappa shape index (κ2) is 4.76. The number of halogens is 2. The largest absolute Gasteiger partial charge is 0.495 e. The molecule has 0 aliphatic heterocycles. The molecule has 1 aromatic heterocycles. The van der Waals surface area contributed by atoms with Crippen LogP contribution >= 0.6 is 23.2 Å². The molecule has 0 saturated heterocycles. The first kappa shape index (κ1) is 12.3. The van der Waals surface area contributed by atoms with Gasteiger partial charge in [0.25, 0.3) is 0 Å². The summed E-state index contributed by atoms with van der Waals surface area (Å²) in [6.07, 6.45) is 0. The molecule has 1 heterocycles. The van der Waals surface area contributed by atoms with Gasteiger partial charge in [-0.3, -0.25) is 0 Å². The average molecular weight is 294 g/mol. The average Bonchev–Trinajstić information content (AvgIpc) is 2.81. The molecule has 3 nitrogen and oxygen atoms in total. The Kier molecular flexibility index (Phi) is 3.09. The van der Waals surface area contributed by atoms with Crippen molar-refractivity contribution in [2.24, 2.45) is 0 Å². The van der Waals surface area contributed by atoms with Gasteiger partial charge in [-0.2, -0.15) is 0 Å².